The Morgan fingerprint density at radius 2 is 2.19 bits per heavy atom. The van der Waals surface area contributed by atoms with Crippen LogP contribution in [0.5, 0.6) is 0 Å². The van der Waals surface area contributed by atoms with Gasteiger partial charge in [0.2, 0.25) is 0 Å². The Labute approximate surface area is 101 Å². The highest BCUT2D eigenvalue weighted by Gasteiger charge is 2.45. The molecule has 0 spiro atoms. The lowest BCUT2D eigenvalue weighted by atomic mass is 9.65. The second-order valence-corrected chi connectivity index (χ2v) is 4.92. The Morgan fingerprint density at radius 1 is 1.50 bits per heavy atom. The highest BCUT2D eigenvalue weighted by atomic mass is 79.9. The van der Waals surface area contributed by atoms with Gasteiger partial charge in [0.05, 0.1) is 11.6 Å². The van der Waals surface area contributed by atoms with Crippen molar-refractivity contribution in [3.8, 4) is 6.07 Å². The maximum atomic E-state index is 13.5. The molecule has 0 radical (unpaired) electrons. The molecule has 1 aromatic carbocycles. The number of benzene rings is 1. The van der Waals surface area contributed by atoms with Gasteiger partial charge in [0.25, 0.3) is 0 Å². The van der Waals surface area contributed by atoms with Crippen LogP contribution in [0.15, 0.2) is 22.7 Å². The van der Waals surface area contributed by atoms with Crippen molar-refractivity contribution >= 4 is 21.7 Å². The molecule has 2 rings (SSSR count). The number of nitriles is 1. The molecule has 0 saturated heterocycles. The molecular formula is C12H9BrFNO. The summed E-state index contributed by atoms with van der Waals surface area (Å²) in [6, 6.07) is 6.24. The Bertz CT molecular complexity index is 488. The molecule has 0 bridgehead atoms. The first-order valence-electron chi connectivity index (χ1n) is 5.00. The first-order chi connectivity index (χ1) is 7.59. The lowest BCUT2D eigenvalue weighted by molar-refractivity contribution is 0.0744. The topological polar surface area (TPSA) is 40.9 Å². The maximum Gasteiger partial charge on any atom is 0.186 e. The standard InChI is InChI=1S/C12H9BrFNO/c13-8-2-3-10(14)9(6-8)11(16)12(7-15)4-1-5-12/h2-3,6H,1,4-5H2. The van der Waals surface area contributed by atoms with E-state index in [2.05, 4.69) is 15.9 Å². The molecule has 0 aliphatic heterocycles. The molecule has 1 aromatic rings. The molecule has 4 heteroatoms. The summed E-state index contributed by atoms with van der Waals surface area (Å²) in [5, 5.41) is 9.02. The van der Waals surface area contributed by atoms with Crippen LogP contribution in [-0.4, -0.2) is 5.78 Å². The van der Waals surface area contributed by atoms with E-state index in [0.29, 0.717) is 17.3 Å². The molecule has 1 aliphatic carbocycles. The van der Waals surface area contributed by atoms with Crippen molar-refractivity contribution in [3.63, 3.8) is 0 Å². The molecule has 16 heavy (non-hydrogen) atoms. The summed E-state index contributed by atoms with van der Waals surface area (Å²) in [6.07, 6.45) is 1.93. The third kappa shape index (κ3) is 1.65. The van der Waals surface area contributed by atoms with E-state index in [0.717, 1.165) is 6.42 Å². The van der Waals surface area contributed by atoms with Crippen LogP contribution in [0.1, 0.15) is 29.6 Å². The zero-order valence-corrected chi connectivity index (χ0v) is 10.1. The van der Waals surface area contributed by atoms with Crippen LogP contribution < -0.4 is 0 Å². The van der Waals surface area contributed by atoms with Gasteiger partial charge < -0.3 is 0 Å². The van der Waals surface area contributed by atoms with Crippen molar-refractivity contribution in [2.45, 2.75) is 19.3 Å². The number of rotatable bonds is 2. The van der Waals surface area contributed by atoms with Crippen molar-refractivity contribution in [1.29, 1.82) is 5.26 Å². The maximum absolute atomic E-state index is 13.5. The first-order valence-corrected chi connectivity index (χ1v) is 5.79. The summed E-state index contributed by atoms with van der Waals surface area (Å²) in [6.45, 7) is 0. The fourth-order valence-corrected chi connectivity index (χ4v) is 2.21. The molecule has 0 aromatic heterocycles. The number of carbonyl (C=O) groups excluding carboxylic acids is 1. The number of hydrogen-bond donors (Lipinski definition) is 0. The van der Waals surface area contributed by atoms with Crippen molar-refractivity contribution in [2.24, 2.45) is 5.41 Å². The number of Topliss-reactive ketones (excluding diaryl/α,β-unsaturated/α-hetero) is 1. The van der Waals surface area contributed by atoms with E-state index < -0.39 is 11.2 Å². The van der Waals surface area contributed by atoms with Gasteiger partial charge in [-0.05, 0) is 37.5 Å². The van der Waals surface area contributed by atoms with Gasteiger partial charge in [0.15, 0.2) is 5.78 Å². The van der Waals surface area contributed by atoms with Gasteiger partial charge in [-0.15, -0.1) is 0 Å². The molecule has 2 nitrogen and oxygen atoms in total. The van der Waals surface area contributed by atoms with Gasteiger partial charge in [-0.25, -0.2) is 4.39 Å². The highest BCUT2D eigenvalue weighted by molar-refractivity contribution is 9.10. The quantitative estimate of drug-likeness (QED) is 0.779. The van der Waals surface area contributed by atoms with Gasteiger partial charge >= 0.3 is 0 Å². The molecule has 1 fully saturated rings. The Morgan fingerprint density at radius 3 is 2.69 bits per heavy atom. The minimum absolute atomic E-state index is 0.00984. The summed E-state index contributed by atoms with van der Waals surface area (Å²) in [5.74, 6) is -0.949. The first kappa shape index (κ1) is 11.3. The fourth-order valence-electron chi connectivity index (χ4n) is 1.85. The average Bonchev–Trinajstić information content (AvgIpc) is 2.21. The van der Waals surface area contributed by atoms with E-state index in [1.54, 1.807) is 0 Å². The van der Waals surface area contributed by atoms with Crippen molar-refractivity contribution in [1.82, 2.24) is 0 Å². The smallest absolute Gasteiger partial charge is 0.186 e. The van der Waals surface area contributed by atoms with E-state index in [-0.39, 0.29) is 11.3 Å². The van der Waals surface area contributed by atoms with Crippen LogP contribution in [0.25, 0.3) is 0 Å². The van der Waals surface area contributed by atoms with Crippen LogP contribution in [0.2, 0.25) is 0 Å². The zero-order chi connectivity index (χ0) is 11.8. The average molecular weight is 282 g/mol. The largest absolute Gasteiger partial charge is 0.292 e. The molecular weight excluding hydrogens is 273 g/mol. The van der Waals surface area contributed by atoms with Gasteiger partial charge in [-0.1, -0.05) is 15.9 Å². The molecule has 0 atom stereocenters. The molecule has 0 unspecified atom stereocenters. The van der Waals surface area contributed by atoms with Gasteiger partial charge in [-0.2, -0.15) is 5.26 Å². The fraction of sp³-hybridized carbons (Fsp3) is 0.333. The minimum atomic E-state index is -0.984. The third-order valence-electron chi connectivity index (χ3n) is 3.03. The van der Waals surface area contributed by atoms with Crippen molar-refractivity contribution < 1.29 is 9.18 Å². The summed E-state index contributed by atoms with van der Waals surface area (Å²) in [7, 11) is 0. The molecule has 1 saturated carbocycles. The number of hydrogen-bond acceptors (Lipinski definition) is 2. The highest BCUT2D eigenvalue weighted by Crippen LogP contribution is 2.43. The summed E-state index contributed by atoms with van der Waals surface area (Å²) < 4.78 is 14.1. The lowest BCUT2D eigenvalue weighted by Gasteiger charge is -2.33. The van der Waals surface area contributed by atoms with Gasteiger partial charge in [0, 0.05) is 4.47 Å². The molecule has 1 aliphatic rings. The van der Waals surface area contributed by atoms with Crippen LogP contribution in [0, 0.1) is 22.6 Å². The lowest BCUT2D eigenvalue weighted by Crippen LogP contribution is -2.37. The van der Waals surface area contributed by atoms with Crippen molar-refractivity contribution in [2.75, 3.05) is 0 Å². The Balaban J connectivity index is 2.41. The SMILES string of the molecule is N#CC1(C(=O)c2cc(Br)ccc2F)CCC1. The Hall–Kier alpha value is -1.21. The zero-order valence-electron chi connectivity index (χ0n) is 8.46. The molecule has 0 amide bonds. The van der Waals surface area contributed by atoms with Gasteiger partial charge in [0.1, 0.15) is 11.2 Å². The monoisotopic (exact) mass is 281 g/mol. The van der Waals surface area contributed by atoms with E-state index in [4.69, 9.17) is 5.26 Å². The summed E-state index contributed by atoms with van der Waals surface area (Å²) in [4.78, 5) is 12.1. The molecule has 82 valence electrons. The Kier molecular flexibility index (Phi) is 2.81. The number of halogens is 2. The predicted molar refractivity (Wildman–Crippen MR) is 60.3 cm³/mol. The molecule has 0 heterocycles. The number of ketones is 1. The summed E-state index contributed by atoms with van der Waals surface area (Å²) >= 11 is 3.19. The minimum Gasteiger partial charge on any atom is -0.292 e. The van der Waals surface area contributed by atoms with E-state index in [9.17, 15) is 9.18 Å². The van der Waals surface area contributed by atoms with E-state index in [1.165, 1.54) is 18.2 Å². The van der Waals surface area contributed by atoms with Crippen LogP contribution in [0.4, 0.5) is 4.39 Å². The van der Waals surface area contributed by atoms with Gasteiger partial charge in [-0.3, -0.25) is 4.79 Å². The van der Waals surface area contributed by atoms with E-state index >= 15 is 0 Å². The normalized spacial score (nSPS) is 17.3. The third-order valence-corrected chi connectivity index (χ3v) is 3.52. The summed E-state index contributed by atoms with van der Waals surface area (Å²) in [5.41, 5.74) is -0.975. The second-order valence-electron chi connectivity index (χ2n) is 4.00. The van der Waals surface area contributed by atoms with Crippen LogP contribution in [0.3, 0.4) is 0 Å². The number of nitrogens with zero attached hydrogens (tertiary/aromatic N) is 1. The second kappa shape index (κ2) is 3.99. The van der Waals surface area contributed by atoms with Crippen molar-refractivity contribution in [3.05, 3.63) is 34.1 Å². The predicted octanol–water partition coefficient (Wildman–Crippen LogP) is 3.46. The van der Waals surface area contributed by atoms with E-state index in [1.807, 2.05) is 6.07 Å². The van der Waals surface area contributed by atoms with Crippen LogP contribution >= 0.6 is 15.9 Å². The molecule has 0 N–H and O–H groups in total. The van der Waals surface area contributed by atoms with Crippen LogP contribution in [-0.2, 0) is 0 Å². The number of carbonyl (C=O) groups is 1.